The van der Waals surface area contributed by atoms with Gasteiger partial charge >= 0.3 is 0 Å². The fourth-order valence-electron chi connectivity index (χ4n) is 3.53. The molecular weight excluding hydrogens is 411 g/mol. The van der Waals surface area contributed by atoms with E-state index in [1.165, 1.54) is 16.4 Å². The third-order valence-corrected chi connectivity index (χ3v) is 7.09. The summed E-state index contributed by atoms with van der Waals surface area (Å²) in [4.78, 5) is 11.1. The fourth-order valence-corrected chi connectivity index (χ4v) is 5.25. The highest BCUT2D eigenvalue weighted by Crippen LogP contribution is 2.26. The quantitative estimate of drug-likeness (QED) is 0.391. The van der Waals surface area contributed by atoms with E-state index in [1.54, 1.807) is 43.3 Å². The topological polar surface area (TPSA) is 87.2 Å². The van der Waals surface area contributed by atoms with Crippen LogP contribution in [0.1, 0.15) is 30.0 Å². The molecule has 0 aromatic heterocycles. The number of carbonyl (C=O) groups excluding carboxylic acids is 1. The molecule has 7 nitrogen and oxygen atoms in total. The van der Waals surface area contributed by atoms with Gasteiger partial charge in [-0.05, 0) is 49.1 Å². The average molecular weight is 437 g/mol. The summed E-state index contributed by atoms with van der Waals surface area (Å²) in [5.41, 5.74) is 1.22. The van der Waals surface area contributed by atoms with E-state index in [-0.39, 0.29) is 31.4 Å². The van der Waals surface area contributed by atoms with Gasteiger partial charge in [-0.15, -0.1) is 0 Å². The Hall–Kier alpha value is -2.49. The molecule has 1 atom stereocenters. The molecule has 1 heterocycles. The molecule has 1 unspecified atom stereocenters. The minimum Gasteiger partial charge on any atom is -0.490 e. The Bertz CT molecular complexity index is 963. The van der Waals surface area contributed by atoms with Crippen molar-refractivity contribution >= 4 is 16.4 Å². The maximum atomic E-state index is 13.2. The zero-order valence-corrected chi connectivity index (χ0v) is 17.5. The van der Waals surface area contributed by atoms with Crippen LogP contribution in [0.3, 0.4) is 0 Å². The lowest BCUT2D eigenvalue weighted by Crippen LogP contribution is -2.44. The molecule has 1 N–H and O–H groups in total. The largest absolute Gasteiger partial charge is 0.490 e. The highest BCUT2D eigenvalue weighted by molar-refractivity contribution is 7.89. The van der Waals surface area contributed by atoms with Gasteiger partial charge in [0.15, 0.2) is 0 Å². The van der Waals surface area contributed by atoms with Crippen molar-refractivity contribution in [2.45, 2.75) is 31.9 Å². The second kappa shape index (κ2) is 9.55. The van der Waals surface area contributed by atoms with Gasteiger partial charge in [-0.3, -0.25) is 10.0 Å². The fraction of sp³-hybridized carbons (Fsp3) is 0.381. The smallest absolute Gasteiger partial charge is 0.233 e. The van der Waals surface area contributed by atoms with Crippen LogP contribution in [0.5, 0.6) is 5.75 Å². The number of rotatable bonds is 8. The molecule has 1 saturated heterocycles. The van der Waals surface area contributed by atoms with Gasteiger partial charge in [0.25, 0.3) is 0 Å². The lowest BCUT2D eigenvalue weighted by Gasteiger charge is -2.33. The number of benzene rings is 2. The van der Waals surface area contributed by atoms with Gasteiger partial charge in [-0.25, -0.2) is 22.2 Å². The van der Waals surface area contributed by atoms with Gasteiger partial charge < -0.3 is 4.74 Å². The summed E-state index contributed by atoms with van der Waals surface area (Å²) in [6.07, 6.45) is 1.01. The molecule has 0 saturated carbocycles. The number of hydrogen-bond donors (Lipinski definition) is 1. The number of piperidine rings is 1. The SMILES string of the molecule is Cc1cc(F)ccc1OC1CCN(S(=O)(=O)CC(c2ccccc2)N(O)C=O)CC1. The molecule has 1 fully saturated rings. The third kappa shape index (κ3) is 5.35. The summed E-state index contributed by atoms with van der Waals surface area (Å²) in [7, 11) is -3.73. The van der Waals surface area contributed by atoms with Crippen LogP contribution in [0, 0.1) is 12.7 Å². The number of aryl methyl sites for hydroxylation is 1. The summed E-state index contributed by atoms with van der Waals surface area (Å²) in [5, 5.41) is 10.3. The van der Waals surface area contributed by atoms with E-state index >= 15 is 0 Å². The Morgan fingerprint density at radius 2 is 1.90 bits per heavy atom. The molecule has 1 aliphatic rings. The lowest BCUT2D eigenvalue weighted by molar-refractivity contribution is -0.159. The maximum Gasteiger partial charge on any atom is 0.233 e. The van der Waals surface area contributed by atoms with Gasteiger partial charge in [0, 0.05) is 13.1 Å². The predicted octanol–water partition coefficient (Wildman–Crippen LogP) is 2.90. The standard InChI is InChI=1S/C21H25FN2O5S/c1-16-13-18(22)7-8-21(16)29-19-9-11-23(12-10-19)30(27,28)14-20(24(26)15-25)17-5-3-2-4-6-17/h2-8,13,15,19-20,26H,9-12,14H2,1H3. The molecule has 0 radical (unpaired) electrons. The van der Waals surface area contributed by atoms with Gasteiger partial charge in [-0.2, -0.15) is 0 Å². The molecule has 30 heavy (non-hydrogen) atoms. The first-order valence-corrected chi connectivity index (χ1v) is 11.3. The number of hydrogen-bond acceptors (Lipinski definition) is 5. The van der Waals surface area contributed by atoms with Crippen LogP contribution in [-0.2, 0) is 14.8 Å². The minimum atomic E-state index is -3.73. The van der Waals surface area contributed by atoms with Crippen LogP contribution in [0.2, 0.25) is 0 Å². The van der Waals surface area contributed by atoms with E-state index in [9.17, 15) is 22.8 Å². The van der Waals surface area contributed by atoms with Crippen molar-refractivity contribution in [1.82, 2.24) is 9.37 Å². The Labute approximate surface area is 175 Å². The first-order valence-electron chi connectivity index (χ1n) is 9.68. The van der Waals surface area contributed by atoms with Crippen molar-refractivity contribution in [1.29, 1.82) is 0 Å². The van der Waals surface area contributed by atoms with Crippen molar-refractivity contribution in [2.75, 3.05) is 18.8 Å². The summed E-state index contributed by atoms with van der Waals surface area (Å²) in [6.45, 7) is 2.29. The molecule has 2 aromatic carbocycles. The molecule has 9 heteroatoms. The van der Waals surface area contributed by atoms with Crippen molar-refractivity contribution in [3.8, 4) is 5.75 Å². The van der Waals surface area contributed by atoms with Gasteiger partial charge in [0.1, 0.15) is 17.7 Å². The Morgan fingerprint density at radius 3 is 2.50 bits per heavy atom. The van der Waals surface area contributed by atoms with E-state index < -0.39 is 21.8 Å². The summed E-state index contributed by atoms with van der Waals surface area (Å²) >= 11 is 0. The highest BCUT2D eigenvalue weighted by Gasteiger charge is 2.33. The monoisotopic (exact) mass is 436 g/mol. The van der Waals surface area contributed by atoms with Crippen LogP contribution in [0.4, 0.5) is 4.39 Å². The lowest BCUT2D eigenvalue weighted by atomic mass is 10.1. The van der Waals surface area contributed by atoms with Crippen LogP contribution < -0.4 is 4.74 Å². The van der Waals surface area contributed by atoms with Crippen molar-refractivity contribution in [2.24, 2.45) is 0 Å². The second-order valence-corrected chi connectivity index (χ2v) is 9.33. The van der Waals surface area contributed by atoms with Crippen LogP contribution in [0.25, 0.3) is 0 Å². The van der Waals surface area contributed by atoms with Crippen LogP contribution in [-0.4, -0.2) is 54.3 Å². The first-order chi connectivity index (χ1) is 14.3. The number of carbonyl (C=O) groups is 1. The van der Waals surface area contributed by atoms with Gasteiger partial charge in [0.2, 0.25) is 16.4 Å². The van der Waals surface area contributed by atoms with Crippen molar-refractivity contribution < 1.29 is 27.5 Å². The van der Waals surface area contributed by atoms with Crippen molar-refractivity contribution in [3.05, 3.63) is 65.5 Å². The van der Waals surface area contributed by atoms with Gasteiger partial charge in [-0.1, -0.05) is 30.3 Å². The summed E-state index contributed by atoms with van der Waals surface area (Å²) in [5.74, 6) is -0.166. The van der Waals surface area contributed by atoms with Crippen molar-refractivity contribution in [3.63, 3.8) is 0 Å². The third-order valence-electron chi connectivity index (χ3n) is 5.21. The Balaban J connectivity index is 1.64. The summed E-state index contributed by atoms with van der Waals surface area (Å²) < 4.78 is 46.4. The van der Waals surface area contributed by atoms with Crippen LogP contribution >= 0.6 is 0 Å². The second-order valence-electron chi connectivity index (χ2n) is 7.32. The molecule has 0 spiro atoms. The number of ether oxygens (including phenoxy) is 1. The number of amides is 1. The predicted molar refractivity (Wildman–Crippen MR) is 109 cm³/mol. The van der Waals surface area contributed by atoms with E-state index in [2.05, 4.69) is 0 Å². The Kier molecular flexibility index (Phi) is 7.06. The molecule has 0 aliphatic carbocycles. The molecule has 0 bridgehead atoms. The zero-order chi connectivity index (χ0) is 21.7. The summed E-state index contributed by atoms with van der Waals surface area (Å²) in [6, 6.07) is 11.8. The average Bonchev–Trinajstić information content (AvgIpc) is 2.74. The minimum absolute atomic E-state index is 0.171. The normalized spacial score (nSPS) is 16.8. The number of sulfonamides is 1. The molecular formula is C21H25FN2O5S. The molecule has 2 aromatic rings. The number of nitrogens with zero attached hydrogens (tertiary/aromatic N) is 2. The molecule has 3 rings (SSSR count). The number of hydroxylamine groups is 2. The van der Waals surface area contributed by atoms with Gasteiger partial charge in [0.05, 0.1) is 11.8 Å². The van der Waals surface area contributed by atoms with E-state index in [0.29, 0.717) is 34.8 Å². The zero-order valence-electron chi connectivity index (χ0n) is 16.6. The van der Waals surface area contributed by atoms with E-state index in [1.807, 2.05) is 0 Å². The van der Waals surface area contributed by atoms with E-state index in [4.69, 9.17) is 4.74 Å². The molecule has 162 valence electrons. The van der Waals surface area contributed by atoms with E-state index in [0.717, 1.165) is 0 Å². The maximum absolute atomic E-state index is 13.2. The van der Waals surface area contributed by atoms with Crippen LogP contribution in [0.15, 0.2) is 48.5 Å². The molecule has 1 amide bonds. The first kappa shape index (κ1) is 22.2. The Morgan fingerprint density at radius 1 is 1.23 bits per heavy atom. The molecule has 1 aliphatic heterocycles. The number of halogens is 1. The highest BCUT2D eigenvalue weighted by atomic mass is 32.2.